The number of rotatable bonds is 5. The van der Waals surface area contributed by atoms with Gasteiger partial charge in [0.05, 0.1) is 6.21 Å². The summed E-state index contributed by atoms with van der Waals surface area (Å²) in [6.07, 6.45) is 1.56. The fourth-order valence-corrected chi connectivity index (χ4v) is 2.94. The van der Waals surface area contributed by atoms with Crippen LogP contribution < -0.4 is 10.3 Å². The van der Waals surface area contributed by atoms with E-state index < -0.39 is 5.56 Å². The number of ether oxygens (including phenoxy) is 1. The van der Waals surface area contributed by atoms with E-state index in [2.05, 4.69) is 5.10 Å². The highest BCUT2D eigenvalue weighted by atomic mass is 35.5. The lowest BCUT2D eigenvalue weighted by molar-refractivity contribution is 0.306. The minimum absolute atomic E-state index is 0.0968. The molecule has 28 heavy (non-hydrogen) atoms. The molecule has 5 nitrogen and oxygen atoms in total. The highest BCUT2D eigenvalue weighted by Gasteiger charge is 2.09. The number of aryl methyl sites for hydroxylation is 2. The third-order valence-electron chi connectivity index (χ3n) is 4.20. The van der Waals surface area contributed by atoms with Gasteiger partial charge in [0.25, 0.3) is 5.56 Å². The molecular formula is C22H18ClN3O2. The van der Waals surface area contributed by atoms with Crippen molar-refractivity contribution < 1.29 is 4.74 Å². The number of halogens is 1. The fraction of sp³-hybridized carbons (Fsp3) is 0.136. The van der Waals surface area contributed by atoms with Crippen molar-refractivity contribution in [1.82, 2.24) is 4.68 Å². The lowest BCUT2D eigenvalue weighted by atomic mass is 10.1. The van der Waals surface area contributed by atoms with E-state index in [1.165, 1.54) is 4.68 Å². The molecule has 0 fully saturated rings. The summed E-state index contributed by atoms with van der Waals surface area (Å²) < 4.78 is 7.03. The molecule has 1 heterocycles. The van der Waals surface area contributed by atoms with Crippen LogP contribution in [0.3, 0.4) is 0 Å². The maximum absolute atomic E-state index is 12.4. The van der Waals surface area contributed by atoms with Crippen molar-refractivity contribution in [2.24, 2.45) is 5.10 Å². The Kier molecular flexibility index (Phi) is 5.93. The van der Waals surface area contributed by atoms with Gasteiger partial charge in [-0.2, -0.15) is 10.4 Å². The first kappa shape index (κ1) is 19.4. The molecule has 0 N–H and O–H groups in total. The van der Waals surface area contributed by atoms with E-state index in [0.29, 0.717) is 28.6 Å². The van der Waals surface area contributed by atoms with Crippen molar-refractivity contribution in [3.05, 3.63) is 97.9 Å². The van der Waals surface area contributed by atoms with Crippen molar-refractivity contribution in [2.75, 3.05) is 0 Å². The summed E-state index contributed by atoms with van der Waals surface area (Å²) >= 11 is 6.15. The summed E-state index contributed by atoms with van der Waals surface area (Å²) in [4.78, 5) is 12.4. The Morgan fingerprint density at radius 2 is 1.96 bits per heavy atom. The van der Waals surface area contributed by atoms with Gasteiger partial charge >= 0.3 is 0 Å². The average molecular weight is 392 g/mol. The first-order chi connectivity index (χ1) is 13.5. The molecule has 3 rings (SSSR count). The van der Waals surface area contributed by atoms with Gasteiger partial charge in [-0.3, -0.25) is 4.79 Å². The van der Waals surface area contributed by atoms with Crippen molar-refractivity contribution in [1.29, 1.82) is 5.26 Å². The molecule has 0 atom stereocenters. The van der Waals surface area contributed by atoms with Gasteiger partial charge in [0.15, 0.2) is 0 Å². The van der Waals surface area contributed by atoms with Gasteiger partial charge in [-0.25, -0.2) is 4.68 Å². The molecule has 1 aromatic heterocycles. The van der Waals surface area contributed by atoms with E-state index in [0.717, 1.165) is 11.1 Å². The van der Waals surface area contributed by atoms with Crippen LogP contribution in [0.1, 0.15) is 27.9 Å². The second kappa shape index (κ2) is 8.55. The fourth-order valence-electron chi connectivity index (χ4n) is 2.75. The van der Waals surface area contributed by atoms with Crippen molar-refractivity contribution in [2.45, 2.75) is 20.5 Å². The lowest BCUT2D eigenvalue weighted by Gasteiger charge is -2.08. The Balaban J connectivity index is 1.81. The Hall–Kier alpha value is -3.36. The van der Waals surface area contributed by atoms with E-state index in [1.54, 1.807) is 26.1 Å². The highest BCUT2D eigenvalue weighted by Crippen LogP contribution is 2.19. The standard InChI is InChI=1S/C22H18ClN3O2/c1-15-10-16(2)26(22(27)20(15)12-24)25-13-17-6-5-8-19(11-17)28-14-18-7-3-4-9-21(18)23/h3-11,13H,14H2,1-2H3/b25-13-. The first-order valence-corrected chi connectivity index (χ1v) is 9.01. The SMILES string of the molecule is Cc1cc(C)n(/N=C\c2cccc(OCc3ccccc3Cl)c2)c(=O)c1C#N. The molecule has 0 aliphatic carbocycles. The van der Waals surface area contributed by atoms with Crippen LogP contribution in [0.2, 0.25) is 5.02 Å². The number of nitriles is 1. The molecule has 0 saturated carbocycles. The summed E-state index contributed by atoms with van der Waals surface area (Å²) in [5.41, 5.74) is 2.63. The van der Waals surface area contributed by atoms with Gasteiger partial charge in [-0.15, -0.1) is 0 Å². The number of aromatic nitrogens is 1. The monoisotopic (exact) mass is 391 g/mol. The second-order valence-electron chi connectivity index (χ2n) is 6.27. The van der Waals surface area contributed by atoms with Crippen LogP contribution >= 0.6 is 11.6 Å². The maximum atomic E-state index is 12.4. The van der Waals surface area contributed by atoms with Gasteiger partial charge in [0, 0.05) is 16.3 Å². The van der Waals surface area contributed by atoms with E-state index in [9.17, 15) is 4.79 Å². The Bertz CT molecular complexity index is 1140. The summed E-state index contributed by atoms with van der Waals surface area (Å²) in [5, 5.41) is 14.1. The number of hydrogen-bond acceptors (Lipinski definition) is 4. The number of hydrogen-bond donors (Lipinski definition) is 0. The van der Waals surface area contributed by atoms with Gasteiger partial charge in [-0.1, -0.05) is 41.9 Å². The molecule has 0 radical (unpaired) electrons. The molecule has 0 aliphatic heterocycles. The Morgan fingerprint density at radius 3 is 2.71 bits per heavy atom. The van der Waals surface area contributed by atoms with Crippen molar-refractivity contribution in [3.8, 4) is 11.8 Å². The number of nitrogens with zero attached hydrogens (tertiary/aromatic N) is 3. The minimum Gasteiger partial charge on any atom is -0.489 e. The molecule has 2 aromatic carbocycles. The smallest absolute Gasteiger partial charge is 0.289 e. The number of benzene rings is 2. The van der Waals surface area contributed by atoms with Crippen LogP contribution in [0.5, 0.6) is 5.75 Å². The summed E-state index contributed by atoms with van der Waals surface area (Å²) in [6.45, 7) is 3.86. The van der Waals surface area contributed by atoms with Gasteiger partial charge in [-0.05, 0) is 49.2 Å². The predicted molar refractivity (Wildman–Crippen MR) is 110 cm³/mol. The van der Waals surface area contributed by atoms with E-state index >= 15 is 0 Å². The maximum Gasteiger partial charge on any atom is 0.289 e. The zero-order chi connectivity index (χ0) is 20.1. The first-order valence-electron chi connectivity index (χ1n) is 8.63. The third kappa shape index (κ3) is 4.30. The van der Waals surface area contributed by atoms with Crippen LogP contribution in [0.15, 0.2) is 64.5 Å². The summed E-state index contributed by atoms with van der Waals surface area (Å²) in [6, 6.07) is 18.6. The van der Waals surface area contributed by atoms with E-state index in [1.807, 2.05) is 54.6 Å². The molecule has 0 amide bonds. The molecule has 3 aromatic rings. The minimum atomic E-state index is -0.428. The quantitative estimate of drug-likeness (QED) is 0.603. The highest BCUT2D eigenvalue weighted by molar-refractivity contribution is 6.31. The Morgan fingerprint density at radius 1 is 1.18 bits per heavy atom. The average Bonchev–Trinajstić information content (AvgIpc) is 2.67. The van der Waals surface area contributed by atoms with E-state index in [-0.39, 0.29) is 5.56 Å². The van der Waals surface area contributed by atoms with Gasteiger partial charge < -0.3 is 4.74 Å². The zero-order valence-electron chi connectivity index (χ0n) is 15.5. The third-order valence-corrected chi connectivity index (χ3v) is 4.57. The van der Waals surface area contributed by atoms with Crippen LogP contribution in [-0.2, 0) is 6.61 Å². The Labute approximate surface area is 168 Å². The molecule has 0 saturated heterocycles. The molecular weight excluding hydrogens is 374 g/mol. The molecule has 140 valence electrons. The van der Waals surface area contributed by atoms with Gasteiger partial charge in [0.1, 0.15) is 24.0 Å². The van der Waals surface area contributed by atoms with Gasteiger partial charge in [0.2, 0.25) is 0 Å². The molecule has 0 unspecified atom stereocenters. The summed E-state index contributed by atoms with van der Waals surface area (Å²) in [7, 11) is 0. The van der Waals surface area contributed by atoms with E-state index in [4.69, 9.17) is 21.6 Å². The topological polar surface area (TPSA) is 67.4 Å². The van der Waals surface area contributed by atoms with Crippen molar-refractivity contribution >= 4 is 17.8 Å². The summed E-state index contributed by atoms with van der Waals surface area (Å²) in [5.74, 6) is 0.662. The number of pyridine rings is 1. The van der Waals surface area contributed by atoms with Crippen molar-refractivity contribution in [3.63, 3.8) is 0 Å². The van der Waals surface area contributed by atoms with Crippen LogP contribution in [-0.4, -0.2) is 10.9 Å². The molecule has 0 bridgehead atoms. The predicted octanol–water partition coefficient (Wildman–Crippen LogP) is 4.45. The van der Waals surface area contributed by atoms with Crippen LogP contribution in [0.25, 0.3) is 0 Å². The zero-order valence-corrected chi connectivity index (χ0v) is 16.3. The molecule has 6 heteroatoms. The lowest BCUT2D eigenvalue weighted by Crippen LogP contribution is -2.22. The largest absolute Gasteiger partial charge is 0.489 e. The normalized spacial score (nSPS) is 10.8. The van der Waals surface area contributed by atoms with Crippen LogP contribution in [0.4, 0.5) is 0 Å². The molecule has 0 spiro atoms. The second-order valence-corrected chi connectivity index (χ2v) is 6.68. The molecule has 0 aliphatic rings. The van der Waals surface area contributed by atoms with Crippen LogP contribution in [0, 0.1) is 25.2 Å².